The maximum atomic E-state index is 13.3. The molecule has 0 spiro atoms. The molecule has 0 bridgehead atoms. The van der Waals surface area contributed by atoms with Crippen LogP contribution in [0.2, 0.25) is 0 Å². The molecule has 222 valence electrons. The van der Waals surface area contributed by atoms with Crippen molar-refractivity contribution in [2.45, 2.75) is 19.5 Å². The highest BCUT2D eigenvalue weighted by Gasteiger charge is 2.31. The normalized spacial score (nSPS) is 18.3. The average Bonchev–Trinajstić information content (AvgIpc) is 3.18. The second-order valence-electron chi connectivity index (χ2n) is 9.79. The lowest BCUT2D eigenvalue weighted by Crippen LogP contribution is -2.36. The molecule has 1 saturated heterocycles. The number of aryl methyl sites for hydroxylation is 1. The van der Waals surface area contributed by atoms with Crippen LogP contribution in [0.5, 0.6) is 5.75 Å². The first-order valence-corrected chi connectivity index (χ1v) is 13.2. The molecule has 10 nitrogen and oxygen atoms in total. The standard InChI is InChI=1S/C29H33F3N8O2/c1-5-34-23-17-35-28(40-12-6-11-39(3)13-14-40)38-25(23)26(33)36-21-15-19(8-7-18(21)2)27(41)37-22-16-20(29(30,31)32)9-10-24(22)42-4/h5,7-10,15-17,36H,1,6,11-14,33H2,2-4H3,(H,37,41)/b26-25-,34-23-. The molecule has 0 atom stereocenters. The van der Waals surface area contributed by atoms with Gasteiger partial charge in [-0.2, -0.15) is 13.2 Å². The number of benzene rings is 2. The molecule has 0 unspecified atom stereocenters. The summed E-state index contributed by atoms with van der Waals surface area (Å²) in [6.45, 7) is 8.88. The minimum atomic E-state index is -4.58. The Balaban J connectivity index is 1.62. The number of carbonyl (C=O) groups is 1. The molecule has 13 heteroatoms. The molecule has 0 aliphatic carbocycles. The molecule has 2 aliphatic heterocycles. The Bertz CT molecular complexity index is 1480. The number of hydrogen-bond donors (Lipinski definition) is 3. The number of halogens is 3. The molecule has 4 rings (SSSR count). The summed E-state index contributed by atoms with van der Waals surface area (Å²) in [4.78, 5) is 30.9. The van der Waals surface area contributed by atoms with E-state index in [4.69, 9.17) is 15.5 Å². The Morgan fingerprint density at radius 1 is 1.12 bits per heavy atom. The highest BCUT2D eigenvalue weighted by Crippen LogP contribution is 2.35. The van der Waals surface area contributed by atoms with Crippen molar-refractivity contribution in [2.24, 2.45) is 20.7 Å². The number of methoxy groups -OCH3 is 1. The number of amides is 1. The zero-order chi connectivity index (χ0) is 30.4. The Morgan fingerprint density at radius 2 is 1.90 bits per heavy atom. The molecule has 0 radical (unpaired) electrons. The molecule has 2 aromatic carbocycles. The largest absolute Gasteiger partial charge is 0.495 e. The van der Waals surface area contributed by atoms with Gasteiger partial charge in [-0.1, -0.05) is 12.6 Å². The summed E-state index contributed by atoms with van der Waals surface area (Å²) in [5, 5.41) is 5.63. The number of likely N-dealkylation sites (N-methyl/N-ethyl adjacent to an activating group) is 1. The summed E-state index contributed by atoms with van der Waals surface area (Å²) in [7, 11) is 3.38. The van der Waals surface area contributed by atoms with E-state index in [0.717, 1.165) is 56.4 Å². The van der Waals surface area contributed by atoms with Crippen LogP contribution in [0.25, 0.3) is 0 Å². The van der Waals surface area contributed by atoms with Gasteiger partial charge < -0.3 is 30.9 Å². The van der Waals surface area contributed by atoms with Crippen molar-refractivity contribution < 1.29 is 22.7 Å². The van der Waals surface area contributed by atoms with Crippen LogP contribution >= 0.6 is 0 Å². The lowest BCUT2D eigenvalue weighted by atomic mass is 10.1. The first kappa shape index (κ1) is 30.3. The first-order valence-electron chi connectivity index (χ1n) is 13.2. The molecular weight excluding hydrogens is 549 g/mol. The van der Waals surface area contributed by atoms with Crippen LogP contribution in [0.3, 0.4) is 0 Å². The minimum absolute atomic E-state index is 0.0912. The molecule has 0 aromatic heterocycles. The van der Waals surface area contributed by atoms with Crippen LogP contribution in [0.4, 0.5) is 24.5 Å². The Hall–Kier alpha value is -4.65. The van der Waals surface area contributed by atoms with Gasteiger partial charge in [0.05, 0.1) is 24.6 Å². The van der Waals surface area contributed by atoms with E-state index in [1.807, 2.05) is 6.92 Å². The van der Waals surface area contributed by atoms with Gasteiger partial charge in [0.1, 0.15) is 23.0 Å². The molecule has 0 saturated carbocycles. The van der Waals surface area contributed by atoms with Crippen molar-refractivity contribution in [1.29, 1.82) is 0 Å². The van der Waals surface area contributed by atoms with Crippen molar-refractivity contribution >= 4 is 35.2 Å². The number of hydrogen-bond acceptors (Lipinski definition) is 9. The zero-order valence-electron chi connectivity index (χ0n) is 23.6. The first-order chi connectivity index (χ1) is 20.0. The van der Waals surface area contributed by atoms with Crippen LogP contribution in [-0.2, 0) is 6.18 Å². The highest BCUT2D eigenvalue weighted by molar-refractivity contribution is 6.41. The summed E-state index contributed by atoms with van der Waals surface area (Å²) in [5.74, 6) is 0.153. The van der Waals surface area contributed by atoms with Gasteiger partial charge in [-0.05, 0) is 62.8 Å². The van der Waals surface area contributed by atoms with Gasteiger partial charge in [-0.15, -0.1) is 0 Å². The van der Waals surface area contributed by atoms with Gasteiger partial charge in [0, 0.05) is 37.1 Å². The molecule has 42 heavy (non-hydrogen) atoms. The average molecular weight is 583 g/mol. The number of nitrogens with one attached hydrogen (secondary N) is 2. The number of carbonyl (C=O) groups excluding carboxylic acids is 1. The van der Waals surface area contributed by atoms with Gasteiger partial charge in [-0.3, -0.25) is 9.79 Å². The van der Waals surface area contributed by atoms with E-state index in [1.165, 1.54) is 13.3 Å². The fourth-order valence-electron chi connectivity index (χ4n) is 4.43. The van der Waals surface area contributed by atoms with Gasteiger partial charge >= 0.3 is 6.18 Å². The van der Waals surface area contributed by atoms with E-state index in [0.29, 0.717) is 23.1 Å². The van der Waals surface area contributed by atoms with Gasteiger partial charge in [-0.25, -0.2) is 9.98 Å². The van der Waals surface area contributed by atoms with Crippen LogP contribution < -0.4 is 21.1 Å². The number of alkyl halides is 3. The SMILES string of the molecule is C=C/N=C1/C=NC(N2CCCN(C)CC2)=N/C1=C(/N)Nc1cc(C(=O)Nc2cc(C(F)(F)F)ccc2OC)ccc1C. The van der Waals surface area contributed by atoms with Gasteiger partial charge in [0.15, 0.2) is 0 Å². The van der Waals surface area contributed by atoms with Crippen LogP contribution in [0.1, 0.15) is 27.9 Å². The van der Waals surface area contributed by atoms with E-state index < -0.39 is 17.6 Å². The zero-order valence-corrected chi connectivity index (χ0v) is 23.6. The van der Waals surface area contributed by atoms with Crippen LogP contribution in [0, 0.1) is 6.92 Å². The summed E-state index contributed by atoms with van der Waals surface area (Å²) in [6.07, 6.45) is -0.664. The van der Waals surface area contributed by atoms with Crippen LogP contribution in [0.15, 0.2) is 75.7 Å². The number of ether oxygens (including phenoxy) is 1. The fourth-order valence-corrected chi connectivity index (χ4v) is 4.43. The topological polar surface area (TPSA) is 120 Å². The predicted molar refractivity (Wildman–Crippen MR) is 159 cm³/mol. The molecule has 1 fully saturated rings. The van der Waals surface area contributed by atoms with E-state index in [2.05, 4.69) is 44.0 Å². The van der Waals surface area contributed by atoms with Crippen molar-refractivity contribution in [1.82, 2.24) is 9.80 Å². The third-order valence-electron chi connectivity index (χ3n) is 6.79. The number of nitrogens with zero attached hydrogens (tertiary/aromatic N) is 5. The summed E-state index contributed by atoms with van der Waals surface area (Å²) < 4.78 is 44.9. The highest BCUT2D eigenvalue weighted by atomic mass is 19.4. The van der Waals surface area contributed by atoms with E-state index >= 15 is 0 Å². The number of anilines is 2. The summed E-state index contributed by atoms with van der Waals surface area (Å²) in [5.41, 5.74) is 7.69. The molecular formula is C29H33F3N8O2. The maximum absolute atomic E-state index is 13.3. The van der Waals surface area contributed by atoms with E-state index in [-0.39, 0.29) is 22.8 Å². The second kappa shape index (κ2) is 12.9. The number of allylic oxidation sites excluding steroid dienone is 1. The Morgan fingerprint density at radius 3 is 2.62 bits per heavy atom. The van der Waals surface area contributed by atoms with Crippen molar-refractivity contribution in [2.75, 3.05) is 51.0 Å². The van der Waals surface area contributed by atoms with E-state index in [1.54, 1.807) is 24.4 Å². The molecule has 2 heterocycles. The van der Waals surface area contributed by atoms with Gasteiger partial charge in [0.2, 0.25) is 5.96 Å². The van der Waals surface area contributed by atoms with Crippen molar-refractivity contribution in [3.05, 3.63) is 77.4 Å². The predicted octanol–water partition coefficient (Wildman–Crippen LogP) is 4.48. The molecule has 1 amide bonds. The minimum Gasteiger partial charge on any atom is -0.495 e. The monoisotopic (exact) mass is 582 g/mol. The fraction of sp³-hybridized carbons (Fsp3) is 0.310. The lowest BCUT2D eigenvalue weighted by molar-refractivity contribution is -0.137. The van der Waals surface area contributed by atoms with Crippen molar-refractivity contribution in [3.8, 4) is 5.75 Å². The van der Waals surface area contributed by atoms with E-state index in [9.17, 15) is 18.0 Å². The Kier molecular flexibility index (Phi) is 9.31. The number of rotatable bonds is 6. The number of nitrogens with two attached hydrogens (primary N) is 1. The maximum Gasteiger partial charge on any atom is 0.416 e. The smallest absolute Gasteiger partial charge is 0.416 e. The number of guanidine groups is 1. The quantitative estimate of drug-likeness (QED) is 0.462. The second-order valence-corrected chi connectivity index (χ2v) is 9.79. The Labute approximate surface area is 242 Å². The third kappa shape index (κ3) is 7.16. The summed E-state index contributed by atoms with van der Waals surface area (Å²) >= 11 is 0. The third-order valence-corrected chi connectivity index (χ3v) is 6.79. The molecule has 2 aromatic rings. The molecule has 4 N–H and O–H groups in total. The summed E-state index contributed by atoms with van der Waals surface area (Å²) in [6, 6.07) is 7.68. The van der Waals surface area contributed by atoms with Crippen molar-refractivity contribution in [3.63, 3.8) is 0 Å². The molecule has 2 aliphatic rings. The lowest BCUT2D eigenvalue weighted by Gasteiger charge is -2.24. The van der Waals surface area contributed by atoms with Crippen LogP contribution in [-0.4, -0.2) is 73.9 Å². The van der Waals surface area contributed by atoms with Gasteiger partial charge in [0.25, 0.3) is 5.91 Å². The number of aliphatic imine (C=N–C) groups is 3.